The third-order valence-corrected chi connectivity index (χ3v) is 6.55. The number of carbonyl (C=O) groups is 1. The Bertz CT molecular complexity index is 1450. The zero-order chi connectivity index (χ0) is 25.3. The lowest BCUT2D eigenvalue weighted by molar-refractivity contribution is -0.192. The summed E-state index contributed by atoms with van der Waals surface area (Å²) in [6.45, 7) is 0. The highest BCUT2D eigenvalue weighted by Gasteiger charge is 2.38. The topological polar surface area (TPSA) is 175 Å². The zero-order valence-electron chi connectivity index (χ0n) is 17.2. The minimum Gasteiger partial charge on any atom is -0.475 e. The maximum Gasteiger partial charge on any atom is 0.490 e. The molecule has 0 fully saturated rings. The van der Waals surface area contributed by atoms with Crippen molar-refractivity contribution in [1.29, 1.82) is 0 Å². The van der Waals surface area contributed by atoms with Crippen LogP contribution in [0.5, 0.6) is 0 Å². The van der Waals surface area contributed by atoms with Gasteiger partial charge in [0.1, 0.15) is 0 Å². The number of fused-ring (bicyclic) bond motifs is 2. The van der Waals surface area contributed by atoms with Gasteiger partial charge in [0.15, 0.2) is 0 Å². The predicted molar refractivity (Wildman–Crippen MR) is 115 cm³/mol. The average molecular weight is 500 g/mol. The molecular weight excluding hydrogens is 481 g/mol. The molecular formula is C20H19F3N4O6S. The lowest BCUT2D eigenvalue weighted by Gasteiger charge is -2.30. The normalized spacial score (nSPS) is 18.0. The second-order valence-electron chi connectivity index (χ2n) is 7.41. The van der Waals surface area contributed by atoms with E-state index in [4.69, 9.17) is 15.6 Å². The molecule has 0 amide bonds. The van der Waals surface area contributed by atoms with Crippen molar-refractivity contribution in [2.45, 2.75) is 36.0 Å². The van der Waals surface area contributed by atoms with E-state index in [1.165, 1.54) is 18.2 Å². The van der Waals surface area contributed by atoms with Gasteiger partial charge in [0, 0.05) is 12.1 Å². The van der Waals surface area contributed by atoms with Crippen LogP contribution in [0.4, 0.5) is 13.2 Å². The fourth-order valence-electron chi connectivity index (χ4n) is 3.46. The molecule has 0 aliphatic heterocycles. The van der Waals surface area contributed by atoms with Crippen LogP contribution in [0.2, 0.25) is 0 Å². The SMILES string of the molecule is NC1CCC(NS(=O)(=O)c2ccc3[nH]c(=O)c(=O)[nH]c3c2)c2ccccc21.O=C(O)C(F)(F)F. The molecule has 1 aromatic heterocycles. The second-order valence-corrected chi connectivity index (χ2v) is 9.12. The van der Waals surface area contributed by atoms with Crippen molar-refractivity contribution in [2.75, 3.05) is 0 Å². The van der Waals surface area contributed by atoms with Crippen LogP contribution in [0, 0.1) is 0 Å². The number of alkyl halides is 3. The molecule has 10 nitrogen and oxygen atoms in total. The van der Waals surface area contributed by atoms with Crippen molar-refractivity contribution >= 4 is 27.0 Å². The highest BCUT2D eigenvalue weighted by molar-refractivity contribution is 7.89. The number of aliphatic carboxylic acids is 1. The number of hydrogen-bond acceptors (Lipinski definition) is 6. The Morgan fingerprint density at radius 1 is 1.00 bits per heavy atom. The molecule has 182 valence electrons. The number of nitrogens with two attached hydrogens (primary N) is 1. The van der Waals surface area contributed by atoms with Gasteiger partial charge in [0.05, 0.1) is 15.9 Å². The van der Waals surface area contributed by atoms with E-state index >= 15 is 0 Å². The fraction of sp³-hybridized carbons (Fsp3) is 0.250. The Balaban J connectivity index is 0.000000406. The molecule has 0 saturated heterocycles. The maximum absolute atomic E-state index is 12.9. The minimum atomic E-state index is -5.08. The number of nitrogens with one attached hydrogen (secondary N) is 3. The van der Waals surface area contributed by atoms with E-state index in [-0.39, 0.29) is 22.5 Å². The largest absolute Gasteiger partial charge is 0.490 e. The third-order valence-electron chi connectivity index (χ3n) is 5.08. The second kappa shape index (κ2) is 9.40. The number of carboxylic acid groups (broad SMARTS) is 1. The van der Waals surface area contributed by atoms with Crippen molar-refractivity contribution in [3.05, 3.63) is 74.3 Å². The van der Waals surface area contributed by atoms with Crippen LogP contribution in [0.3, 0.4) is 0 Å². The molecule has 3 aromatic rings. The van der Waals surface area contributed by atoms with Gasteiger partial charge in [0.2, 0.25) is 10.0 Å². The number of H-pyrrole nitrogens is 2. The molecule has 6 N–H and O–H groups in total. The molecule has 0 spiro atoms. The van der Waals surface area contributed by atoms with Gasteiger partial charge in [-0.05, 0) is 42.2 Å². The van der Waals surface area contributed by atoms with Gasteiger partial charge in [0.25, 0.3) is 0 Å². The molecule has 0 radical (unpaired) electrons. The number of rotatable bonds is 3. The first kappa shape index (κ1) is 25.1. The minimum absolute atomic E-state index is 0.00468. The molecule has 2 atom stereocenters. The predicted octanol–water partition coefficient (Wildman–Crippen LogP) is 1.66. The molecule has 2 unspecified atom stereocenters. The van der Waals surface area contributed by atoms with E-state index in [0.29, 0.717) is 18.4 Å². The Kier molecular flexibility index (Phi) is 6.95. The van der Waals surface area contributed by atoms with Crippen LogP contribution in [-0.2, 0) is 14.8 Å². The van der Waals surface area contributed by atoms with E-state index in [9.17, 15) is 31.2 Å². The number of hydrogen-bond donors (Lipinski definition) is 5. The number of halogens is 3. The van der Waals surface area contributed by atoms with E-state index in [1.807, 2.05) is 24.3 Å². The highest BCUT2D eigenvalue weighted by atomic mass is 32.2. The van der Waals surface area contributed by atoms with Crippen LogP contribution >= 0.6 is 0 Å². The van der Waals surface area contributed by atoms with Crippen LogP contribution in [-0.4, -0.2) is 35.6 Å². The van der Waals surface area contributed by atoms with Gasteiger partial charge in [-0.25, -0.2) is 17.9 Å². The van der Waals surface area contributed by atoms with Crippen molar-refractivity contribution in [3.63, 3.8) is 0 Å². The molecule has 1 heterocycles. The summed E-state index contributed by atoms with van der Waals surface area (Å²) in [5.41, 5.74) is 6.93. The quantitative estimate of drug-likeness (QED) is 0.340. The zero-order valence-corrected chi connectivity index (χ0v) is 18.0. The smallest absolute Gasteiger partial charge is 0.475 e. The Labute approximate surface area is 189 Å². The number of benzene rings is 2. The van der Waals surface area contributed by atoms with Crippen LogP contribution in [0.1, 0.15) is 36.1 Å². The number of aromatic nitrogens is 2. The summed E-state index contributed by atoms with van der Waals surface area (Å²) in [6.07, 6.45) is -3.81. The third kappa shape index (κ3) is 5.52. The van der Waals surface area contributed by atoms with Gasteiger partial charge < -0.3 is 20.8 Å². The summed E-state index contributed by atoms with van der Waals surface area (Å²) in [4.78, 5) is 36.6. The van der Waals surface area contributed by atoms with Crippen molar-refractivity contribution in [1.82, 2.24) is 14.7 Å². The summed E-state index contributed by atoms with van der Waals surface area (Å²) < 4.78 is 60.2. The van der Waals surface area contributed by atoms with Crippen molar-refractivity contribution < 1.29 is 31.5 Å². The van der Waals surface area contributed by atoms with E-state index in [2.05, 4.69) is 14.7 Å². The number of aromatic amines is 2. The first-order valence-electron chi connectivity index (χ1n) is 9.73. The van der Waals surface area contributed by atoms with Gasteiger partial charge in [-0.2, -0.15) is 13.2 Å². The first-order chi connectivity index (χ1) is 15.8. The summed E-state index contributed by atoms with van der Waals surface area (Å²) in [7, 11) is -3.84. The van der Waals surface area contributed by atoms with Gasteiger partial charge in [-0.15, -0.1) is 0 Å². The molecule has 1 aliphatic rings. The Morgan fingerprint density at radius 3 is 2.15 bits per heavy atom. The Morgan fingerprint density at radius 2 is 1.56 bits per heavy atom. The molecule has 34 heavy (non-hydrogen) atoms. The summed E-state index contributed by atoms with van der Waals surface area (Å²) in [5, 5.41) is 7.12. The fourth-order valence-corrected chi connectivity index (χ4v) is 4.74. The van der Waals surface area contributed by atoms with Crippen molar-refractivity contribution in [3.8, 4) is 0 Å². The number of sulfonamides is 1. The van der Waals surface area contributed by atoms with Crippen LogP contribution in [0.15, 0.2) is 56.9 Å². The molecule has 0 bridgehead atoms. The lowest BCUT2D eigenvalue weighted by atomic mass is 9.85. The van der Waals surface area contributed by atoms with Crippen LogP contribution in [0.25, 0.3) is 11.0 Å². The van der Waals surface area contributed by atoms with Crippen molar-refractivity contribution in [2.24, 2.45) is 5.73 Å². The van der Waals surface area contributed by atoms with E-state index in [0.717, 1.165) is 11.1 Å². The van der Waals surface area contributed by atoms with E-state index < -0.39 is 33.3 Å². The molecule has 4 rings (SSSR count). The van der Waals surface area contributed by atoms with Gasteiger partial charge in [-0.3, -0.25) is 9.59 Å². The monoisotopic (exact) mass is 500 g/mol. The standard InChI is InChI=1S/C18H18N4O4S.C2HF3O2/c19-13-6-8-14(12-4-2-1-3-11(12)13)22-27(25,26)10-5-7-15-16(9-10)21-18(24)17(23)20-15;3-2(4,5)1(6)7/h1-5,7,9,13-14,22H,6,8,19H2,(H,20,23)(H,21,24);(H,6,7). The summed E-state index contributed by atoms with van der Waals surface area (Å²) in [5.74, 6) is -2.76. The van der Waals surface area contributed by atoms with Gasteiger partial charge >= 0.3 is 23.3 Å². The maximum atomic E-state index is 12.9. The van der Waals surface area contributed by atoms with Crippen LogP contribution < -0.4 is 21.6 Å². The highest BCUT2D eigenvalue weighted by Crippen LogP contribution is 2.35. The molecule has 1 aliphatic carbocycles. The number of carboxylic acids is 1. The molecule has 2 aromatic carbocycles. The van der Waals surface area contributed by atoms with E-state index in [1.54, 1.807) is 0 Å². The molecule has 14 heteroatoms. The summed E-state index contributed by atoms with van der Waals surface area (Å²) in [6, 6.07) is 11.2. The lowest BCUT2D eigenvalue weighted by Crippen LogP contribution is -2.33. The summed E-state index contributed by atoms with van der Waals surface area (Å²) >= 11 is 0. The average Bonchev–Trinajstić information content (AvgIpc) is 2.76. The van der Waals surface area contributed by atoms with Gasteiger partial charge in [-0.1, -0.05) is 24.3 Å². The Hall–Kier alpha value is -3.49. The first-order valence-corrected chi connectivity index (χ1v) is 11.2. The molecule has 0 saturated carbocycles.